The first-order chi connectivity index (χ1) is 12.3. The van der Waals surface area contributed by atoms with Crippen molar-refractivity contribution in [2.45, 2.75) is 26.3 Å². The summed E-state index contributed by atoms with van der Waals surface area (Å²) in [6.45, 7) is 4.53. The summed E-state index contributed by atoms with van der Waals surface area (Å²) in [7, 11) is 0. The van der Waals surface area contributed by atoms with Gasteiger partial charge in [-0.3, -0.25) is 4.98 Å². The molecule has 0 spiro atoms. The molecule has 7 nitrogen and oxygen atoms in total. The number of anilines is 1. The average Bonchev–Trinajstić information content (AvgIpc) is 2.91. The monoisotopic (exact) mass is 389 g/mol. The van der Waals surface area contributed by atoms with Crippen molar-refractivity contribution >= 4 is 29.8 Å². The smallest absolute Gasteiger partial charge is 0.163 e. The third kappa shape index (κ3) is 3.98. The molecule has 0 aromatic carbocycles. The van der Waals surface area contributed by atoms with Crippen LogP contribution in [0.5, 0.6) is 0 Å². The minimum atomic E-state index is 0. The number of fused-ring (bicyclic) bond motifs is 1. The molecule has 0 saturated carbocycles. The van der Waals surface area contributed by atoms with Crippen molar-refractivity contribution in [3.8, 4) is 11.4 Å². The summed E-state index contributed by atoms with van der Waals surface area (Å²) in [5, 5.41) is 11.0. The highest BCUT2D eigenvalue weighted by atomic mass is 35.5. The number of hydrogen-bond donors (Lipinski definition) is 2. The fraction of sp³-hybridized carbons (Fsp3) is 0.353. The quantitative estimate of drug-likeness (QED) is 0.708. The summed E-state index contributed by atoms with van der Waals surface area (Å²) < 4.78 is 4.00. The lowest BCUT2D eigenvalue weighted by Gasteiger charge is -2.14. The van der Waals surface area contributed by atoms with Crippen molar-refractivity contribution in [1.29, 1.82) is 0 Å². The standard InChI is InChI=1S/C17H19N7S.ClH/c1-11-15(25-24-23-11)10-20-17-13-4-7-18-8-5-14(13)21-16(22-17)12-3-2-6-19-9-12;/h2-3,6,9,18H,4-5,7-8,10H2,1H3,(H,20,21,22);1H. The Balaban J connectivity index is 0.00000196. The maximum atomic E-state index is 4.81. The molecular formula is C17H20ClN7S. The first-order valence-corrected chi connectivity index (χ1v) is 9.11. The van der Waals surface area contributed by atoms with Crippen molar-refractivity contribution in [2.75, 3.05) is 18.4 Å². The maximum absolute atomic E-state index is 4.81. The van der Waals surface area contributed by atoms with Crippen LogP contribution >= 0.6 is 23.9 Å². The Morgan fingerprint density at radius 1 is 1.23 bits per heavy atom. The molecule has 3 aromatic heterocycles. The van der Waals surface area contributed by atoms with Crippen LogP contribution in [0.25, 0.3) is 11.4 Å². The normalized spacial score (nSPS) is 13.4. The Labute approximate surface area is 162 Å². The van der Waals surface area contributed by atoms with E-state index < -0.39 is 0 Å². The van der Waals surface area contributed by atoms with Crippen LogP contribution in [0.4, 0.5) is 5.82 Å². The molecule has 1 aliphatic heterocycles. The molecule has 0 fully saturated rings. The number of halogens is 1. The molecule has 26 heavy (non-hydrogen) atoms. The van der Waals surface area contributed by atoms with Crippen molar-refractivity contribution < 1.29 is 0 Å². The first kappa shape index (κ1) is 18.6. The number of nitrogens with one attached hydrogen (secondary N) is 2. The highest BCUT2D eigenvalue weighted by Crippen LogP contribution is 2.25. The van der Waals surface area contributed by atoms with E-state index in [2.05, 4.69) is 25.2 Å². The Morgan fingerprint density at radius 2 is 2.12 bits per heavy atom. The molecule has 9 heteroatoms. The molecule has 1 aliphatic rings. The van der Waals surface area contributed by atoms with E-state index in [1.165, 1.54) is 17.1 Å². The van der Waals surface area contributed by atoms with Crippen LogP contribution in [0.1, 0.15) is 21.8 Å². The van der Waals surface area contributed by atoms with Gasteiger partial charge >= 0.3 is 0 Å². The Kier molecular flexibility index (Phi) is 6.08. The van der Waals surface area contributed by atoms with Crippen LogP contribution < -0.4 is 10.6 Å². The van der Waals surface area contributed by atoms with Gasteiger partial charge in [-0.05, 0) is 43.6 Å². The topological polar surface area (TPSA) is 88.5 Å². The molecule has 4 rings (SSSR count). The molecule has 136 valence electrons. The van der Waals surface area contributed by atoms with Crippen LogP contribution in [0.3, 0.4) is 0 Å². The van der Waals surface area contributed by atoms with Gasteiger partial charge in [0.05, 0.1) is 22.8 Å². The molecule has 3 aromatic rings. The highest BCUT2D eigenvalue weighted by molar-refractivity contribution is 7.05. The van der Waals surface area contributed by atoms with Crippen LogP contribution in [-0.2, 0) is 19.4 Å². The van der Waals surface area contributed by atoms with Crippen LogP contribution in [0, 0.1) is 6.92 Å². The molecule has 0 unspecified atom stereocenters. The number of pyridine rings is 1. The molecule has 0 aliphatic carbocycles. The lowest BCUT2D eigenvalue weighted by molar-refractivity contribution is 0.708. The molecule has 0 radical (unpaired) electrons. The van der Waals surface area contributed by atoms with Gasteiger partial charge in [0.25, 0.3) is 0 Å². The van der Waals surface area contributed by atoms with Gasteiger partial charge in [0.2, 0.25) is 0 Å². The highest BCUT2D eigenvalue weighted by Gasteiger charge is 2.18. The first-order valence-electron chi connectivity index (χ1n) is 8.34. The summed E-state index contributed by atoms with van der Waals surface area (Å²) in [4.78, 5) is 14.9. The Hall–Kier alpha value is -2.16. The van der Waals surface area contributed by atoms with Gasteiger partial charge in [-0.25, -0.2) is 9.97 Å². The molecule has 2 N–H and O–H groups in total. The van der Waals surface area contributed by atoms with Crippen LogP contribution in [0.15, 0.2) is 24.5 Å². The van der Waals surface area contributed by atoms with E-state index in [4.69, 9.17) is 9.97 Å². The molecule has 0 saturated heterocycles. The predicted molar refractivity (Wildman–Crippen MR) is 105 cm³/mol. The summed E-state index contributed by atoms with van der Waals surface area (Å²) in [5.74, 6) is 1.62. The molecule has 0 amide bonds. The summed E-state index contributed by atoms with van der Waals surface area (Å²) in [6, 6.07) is 3.90. The van der Waals surface area contributed by atoms with Gasteiger partial charge in [0, 0.05) is 36.5 Å². The van der Waals surface area contributed by atoms with Crippen molar-refractivity contribution in [3.63, 3.8) is 0 Å². The minimum Gasteiger partial charge on any atom is -0.365 e. The van der Waals surface area contributed by atoms with Crippen LogP contribution in [-0.4, -0.2) is 37.6 Å². The van der Waals surface area contributed by atoms with E-state index in [-0.39, 0.29) is 12.4 Å². The van der Waals surface area contributed by atoms with Gasteiger partial charge in [-0.1, -0.05) is 4.49 Å². The van der Waals surface area contributed by atoms with Crippen molar-refractivity contribution in [1.82, 2.24) is 29.9 Å². The Morgan fingerprint density at radius 3 is 2.88 bits per heavy atom. The van der Waals surface area contributed by atoms with E-state index in [9.17, 15) is 0 Å². The molecule has 0 atom stereocenters. The lowest BCUT2D eigenvalue weighted by Crippen LogP contribution is -2.16. The minimum absolute atomic E-state index is 0. The van der Waals surface area contributed by atoms with Gasteiger partial charge < -0.3 is 10.6 Å². The van der Waals surface area contributed by atoms with Gasteiger partial charge in [0.15, 0.2) is 5.82 Å². The van der Waals surface area contributed by atoms with E-state index in [1.807, 2.05) is 19.1 Å². The van der Waals surface area contributed by atoms with E-state index >= 15 is 0 Å². The van der Waals surface area contributed by atoms with Crippen molar-refractivity contribution in [3.05, 3.63) is 46.4 Å². The van der Waals surface area contributed by atoms with Gasteiger partial charge in [-0.2, -0.15) is 0 Å². The molecular weight excluding hydrogens is 370 g/mol. The third-order valence-electron chi connectivity index (χ3n) is 4.26. The van der Waals surface area contributed by atoms with Gasteiger partial charge in [-0.15, -0.1) is 17.5 Å². The number of nitrogens with zero attached hydrogens (tertiary/aromatic N) is 5. The van der Waals surface area contributed by atoms with E-state index in [0.29, 0.717) is 6.54 Å². The number of aryl methyl sites for hydroxylation is 1. The zero-order valence-electron chi connectivity index (χ0n) is 14.4. The number of aromatic nitrogens is 5. The fourth-order valence-electron chi connectivity index (χ4n) is 2.89. The predicted octanol–water partition coefficient (Wildman–Crippen LogP) is 2.42. The average molecular weight is 390 g/mol. The zero-order chi connectivity index (χ0) is 17.1. The second-order valence-electron chi connectivity index (χ2n) is 5.95. The molecule has 0 bridgehead atoms. The largest absolute Gasteiger partial charge is 0.365 e. The van der Waals surface area contributed by atoms with Gasteiger partial charge in [0.1, 0.15) is 5.82 Å². The van der Waals surface area contributed by atoms with Crippen molar-refractivity contribution in [2.24, 2.45) is 0 Å². The SMILES string of the molecule is Cc1nnsc1CNc1nc(-c2cccnc2)nc2c1CCNCC2.Cl. The second kappa shape index (κ2) is 8.48. The Bertz CT molecular complexity index is 869. The van der Waals surface area contributed by atoms with Crippen LogP contribution in [0.2, 0.25) is 0 Å². The second-order valence-corrected chi connectivity index (χ2v) is 6.79. The summed E-state index contributed by atoms with van der Waals surface area (Å²) in [5.41, 5.74) is 4.21. The number of rotatable bonds is 4. The lowest BCUT2D eigenvalue weighted by atomic mass is 10.1. The zero-order valence-corrected chi connectivity index (χ0v) is 16.0. The van der Waals surface area contributed by atoms with E-state index in [0.717, 1.165) is 59.4 Å². The fourth-order valence-corrected chi connectivity index (χ4v) is 3.46. The molecule has 4 heterocycles. The summed E-state index contributed by atoms with van der Waals surface area (Å²) in [6.07, 6.45) is 5.39. The third-order valence-corrected chi connectivity index (χ3v) is 5.09. The summed E-state index contributed by atoms with van der Waals surface area (Å²) >= 11 is 1.42. The van der Waals surface area contributed by atoms with E-state index in [1.54, 1.807) is 12.4 Å². The maximum Gasteiger partial charge on any atom is 0.163 e. The number of hydrogen-bond acceptors (Lipinski definition) is 8.